The lowest BCUT2D eigenvalue weighted by atomic mass is 10.3. The number of aromatic nitrogens is 4. The third kappa shape index (κ3) is 4.94. The predicted molar refractivity (Wildman–Crippen MR) is 70.3 cm³/mol. The number of rotatable bonds is 8. The summed E-state index contributed by atoms with van der Waals surface area (Å²) in [5, 5.41) is 11.7. The van der Waals surface area contributed by atoms with Gasteiger partial charge in [0.2, 0.25) is 0 Å². The van der Waals surface area contributed by atoms with Gasteiger partial charge >= 0.3 is 5.97 Å². The molecule has 0 aliphatic heterocycles. The van der Waals surface area contributed by atoms with Gasteiger partial charge in [0, 0.05) is 12.6 Å². The summed E-state index contributed by atoms with van der Waals surface area (Å²) in [6.45, 7) is 7.79. The van der Waals surface area contributed by atoms with E-state index in [9.17, 15) is 4.79 Å². The van der Waals surface area contributed by atoms with Gasteiger partial charge in [-0.1, -0.05) is 13.3 Å². The fourth-order valence-electron chi connectivity index (χ4n) is 1.65. The molecule has 1 aromatic rings. The highest BCUT2D eigenvalue weighted by molar-refractivity contribution is 5.71. The smallest absolute Gasteiger partial charge is 0.319 e. The first-order chi connectivity index (χ1) is 9.08. The first-order valence-corrected chi connectivity index (χ1v) is 6.64. The lowest BCUT2D eigenvalue weighted by Gasteiger charge is -2.24. The van der Waals surface area contributed by atoms with Crippen molar-refractivity contribution in [2.75, 3.05) is 13.7 Å². The third-order valence-electron chi connectivity index (χ3n) is 2.96. The average Bonchev–Trinajstić information content (AvgIpc) is 2.82. The second-order valence-corrected chi connectivity index (χ2v) is 4.75. The zero-order chi connectivity index (χ0) is 14.3. The fraction of sp³-hybridized carbons (Fsp3) is 0.833. The Hall–Kier alpha value is -1.50. The Morgan fingerprint density at radius 2 is 2.21 bits per heavy atom. The van der Waals surface area contributed by atoms with E-state index in [1.165, 1.54) is 7.11 Å². The molecule has 0 N–H and O–H groups in total. The van der Waals surface area contributed by atoms with E-state index in [1.54, 1.807) is 4.68 Å². The van der Waals surface area contributed by atoms with Crippen LogP contribution in [0.5, 0.6) is 0 Å². The fourth-order valence-corrected chi connectivity index (χ4v) is 1.65. The zero-order valence-electron chi connectivity index (χ0n) is 12.2. The van der Waals surface area contributed by atoms with Crippen LogP contribution in [-0.4, -0.2) is 50.8 Å². The van der Waals surface area contributed by atoms with Crippen LogP contribution >= 0.6 is 0 Å². The molecule has 0 amide bonds. The number of hydrogen-bond acceptors (Lipinski definition) is 6. The number of carbonyl (C=O) groups excluding carboxylic acids is 1. The van der Waals surface area contributed by atoms with Crippen molar-refractivity contribution in [1.82, 2.24) is 25.1 Å². The third-order valence-corrected chi connectivity index (χ3v) is 2.96. The van der Waals surface area contributed by atoms with Crippen molar-refractivity contribution in [3.8, 4) is 0 Å². The monoisotopic (exact) mass is 269 g/mol. The summed E-state index contributed by atoms with van der Waals surface area (Å²) >= 11 is 0. The molecular weight excluding hydrogens is 246 g/mol. The van der Waals surface area contributed by atoms with E-state index in [0.717, 1.165) is 25.2 Å². The number of esters is 1. The molecule has 0 radical (unpaired) electrons. The van der Waals surface area contributed by atoms with Gasteiger partial charge in [0.15, 0.2) is 5.82 Å². The largest absolute Gasteiger partial charge is 0.468 e. The molecule has 108 valence electrons. The van der Waals surface area contributed by atoms with Gasteiger partial charge in [-0.25, -0.2) is 4.68 Å². The number of aryl methyl sites for hydroxylation is 1. The Bertz CT molecular complexity index is 391. The maximum atomic E-state index is 11.4. The molecular formula is C12H23N5O2. The van der Waals surface area contributed by atoms with Crippen molar-refractivity contribution in [3.05, 3.63) is 5.82 Å². The van der Waals surface area contributed by atoms with Gasteiger partial charge in [0.05, 0.1) is 20.2 Å². The molecule has 1 aromatic heterocycles. The van der Waals surface area contributed by atoms with Crippen molar-refractivity contribution < 1.29 is 9.53 Å². The molecule has 0 fully saturated rings. The van der Waals surface area contributed by atoms with Crippen molar-refractivity contribution >= 4 is 5.97 Å². The molecule has 0 saturated heterocycles. The standard InChI is InChI=1S/C12H23N5O2/c1-5-6-7-17-11(13-14-15-17)8-16(10(2)3)9-12(18)19-4/h10H,5-9H2,1-4H3. The summed E-state index contributed by atoms with van der Waals surface area (Å²) < 4.78 is 6.51. The van der Waals surface area contributed by atoms with Crippen molar-refractivity contribution in [2.24, 2.45) is 0 Å². The first kappa shape index (κ1) is 15.6. The van der Waals surface area contributed by atoms with Gasteiger partial charge in [0.1, 0.15) is 0 Å². The van der Waals surface area contributed by atoms with Gasteiger partial charge in [-0.3, -0.25) is 9.69 Å². The van der Waals surface area contributed by atoms with Crippen LogP contribution in [0.1, 0.15) is 39.4 Å². The first-order valence-electron chi connectivity index (χ1n) is 6.64. The molecule has 1 heterocycles. The van der Waals surface area contributed by atoms with Crippen molar-refractivity contribution in [2.45, 2.75) is 52.7 Å². The Balaban J connectivity index is 2.68. The van der Waals surface area contributed by atoms with Gasteiger partial charge < -0.3 is 4.74 Å². The van der Waals surface area contributed by atoms with E-state index in [4.69, 9.17) is 4.74 Å². The van der Waals surface area contributed by atoms with Gasteiger partial charge in [-0.2, -0.15) is 0 Å². The second kappa shape index (κ2) is 7.83. The van der Waals surface area contributed by atoms with Crippen LogP contribution in [0.25, 0.3) is 0 Å². The van der Waals surface area contributed by atoms with Crippen LogP contribution in [0.2, 0.25) is 0 Å². The minimum Gasteiger partial charge on any atom is -0.468 e. The average molecular weight is 269 g/mol. The summed E-state index contributed by atoms with van der Waals surface area (Å²) in [6, 6.07) is 0.218. The van der Waals surface area contributed by atoms with Crippen LogP contribution in [0.4, 0.5) is 0 Å². The molecule has 0 bridgehead atoms. The number of tetrazole rings is 1. The quantitative estimate of drug-likeness (QED) is 0.652. The minimum absolute atomic E-state index is 0.218. The van der Waals surface area contributed by atoms with Gasteiger partial charge in [-0.15, -0.1) is 5.10 Å². The van der Waals surface area contributed by atoms with E-state index >= 15 is 0 Å². The molecule has 0 aliphatic rings. The highest BCUT2D eigenvalue weighted by Gasteiger charge is 2.18. The molecule has 7 nitrogen and oxygen atoms in total. The number of unbranched alkanes of at least 4 members (excludes halogenated alkanes) is 1. The van der Waals surface area contributed by atoms with Crippen LogP contribution < -0.4 is 0 Å². The molecule has 1 rings (SSSR count). The summed E-state index contributed by atoms with van der Waals surface area (Å²) in [7, 11) is 1.39. The molecule has 19 heavy (non-hydrogen) atoms. The summed E-state index contributed by atoms with van der Waals surface area (Å²) in [6.07, 6.45) is 2.13. The van der Waals surface area contributed by atoms with Gasteiger partial charge in [-0.05, 0) is 30.7 Å². The highest BCUT2D eigenvalue weighted by atomic mass is 16.5. The Morgan fingerprint density at radius 3 is 2.79 bits per heavy atom. The predicted octanol–water partition coefficient (Wildman–Crippen LogP) is 0.857. The normalized spacial score (nSPS) is 11.3. The zero-order valence-corrected chi connectivity index (χ0v) is 12.2. The molecule has 0 spiro atoms. The number of carbonyl (C=O) groups is 1. The summed E-state index contributed by atoms with van der Waals surface area (Å²) in [5.74, 6) is 0.535. The minimum atomic E-state index is -0.249. The van der Waals surface area contributed by atoms with Gasteiger partial charge in [0.25, 0.3) is 0 Å². The maximum Gasteiger partial charge on any atom is 0.319 e. The molecule has 0 atom stereocenters. The highest BCUT2D eigenvalue weighted by Crippen LogP contribution is 2.06. The SMILES string of the molecule is CCCCn1nnnc1CN(CC(=O)OC)C(C)C. The topological polar surface area (TPSA) is 73.1 Å². The molecule has 7 heteroatoms. The van der Waals surface area contributed by atoms with Crippen LogP contribution in [0.3, 0.4) is 0 Å². The molecule has 0 aliphatic carbocycles. The van der Waals surface area contributed by atoms with E-state index in [1.807, 2.05) is 18.7 Å². The van der Waals surface area contributed by atoms with E-state index in [2.05, 4.69) is 22.4 Å². The number of nitrogens with zero attached hydrogens (tertiary/aromatic N) is 5. The molecule has 0 saturated carbocycles. The number of ether oxygens (including phenoxy) is 1. The summed E-state index contributed by atoms with van der Waals surface area (Å²) in [4.78, 5) is 13.4. The van der Waals surface area contributed by atoms with Crippen LogP contribution in [-0.2, 0) is 22.6 Å². The van der Waals surface area contributed by atoms with Crippen LogP contribution in [0, 0.1) is 0 Å². The second-order valence-electron chi connectivity index (χ2n) is 4.75. The Kier molecular flexibility index (Phi) is 6.41. The number of methoxy groups -OCH3 is 1. The van der Waals surface area contributed by atoms with Crippen molar-refractivity contribution in [3.63, 3.8) is 0 Å². The van der Waals surface area contributed by atoms with Crippen LogP contribution in [0.15, 0.2) is 0 Å². The lowest BCUT2D eigenvalue weighted by molar-refractivity contribution is -0.142. The maximum absolute atomic E-state index is 11.4. The molecule has 0 unspecified atom stereocenters. The van der Waals surface area contributed by atoms with E-state index in [0.29, 0.717) is 6.54 Å². The van der Waals surface area contributed by atoms with E-state index < -0.39 is 0 Å². The Labute approximate surface area is 113 Å². The van der Waals surface area contributed by atoms with E-state index in [-0.39, 0.29) is 18.6 Å². The lowest BCUT2D eigenvalue weighted by Crippen LogP contribution is -2.36. The summed E-state index contributed by atoms with van der Waals surface area (Å²) in [5.41, 5.74) is 0. The molecule has 0 aromatic carbocycles. The van der Waals surface area contributed by atoms with Crippen molar-refractivity contribution in [1.29, 1.82) is 0 Å². The number of hydrogen-bond donors (Lipinski definition) is 0. The Morgan fingerprint density at radius 1 is 1.47 bits per heavy atom.